The number of ether oxygens (including phenoxy) is 10. The summed E-state index contributed by atoms with van der Waals surface area (Å²) < 4.78 is 59.0. The summed E-state index contributed by atoms with van der Waals surface area (Å²) in [5, 5.41) is 161. The van der Waals surface area contributed by atoms with Gasteiger partial charge >= 0.3 is 5.97 Å². The average molecular weight is 1220 g/mol. The molecule has 5 aliphatic heterocycles. The molecule has 5 saturated heterocycles. The highest BCUT2D eigenvalue weighted by atomic mass is 16.8. The van der Waals surface area contributed by atoms with Crippen LogP contribution in [-0.2, 0) is 52.2 Å². The third-order valence-electron chi connectivity index (χ3n) is 23.1. The molecule has 488 valence electrons. The molecule has 5 heterocycles. The molecular formula is C59H96O26. The van der Waals surface area contributed by atoms with Crippen LogP contribution in [0.5, 0.6) is 0 Å². The van der Waals surface area contributed by atoms with Crippen LogP contribution in [0.4, 0.5) is 0 Å². The van der Waals surface area contributed by atoms with Crippen molar-refractivity contribution in [2.45, 2.75) is 273 Å². The van der Waals surface area contributed by atoms with Crippen molar-refractivity contribution in [3.63, 3.8) is 0 Å². The Bertz CT molecular complexity index is 2360. The molecule has 10 rings (SSSR count). The Labute approximate surface area is 494 Å². The lowest BCUT2D eigenvalue weighted by molar-refractivity contribution is -0.361. The average Bonchev–Trinajstić information content (AvgIpc) is 0.725. The van der Waals surface area contributed by atoms with Crippen molar-refractivity contribution in [3.8, 4) is 0 Å². The number of carbonyl (C=O) groups excluding carboxylic acids is 1. The van der Waals surface area contributed by atoms with E-state index in [1.807, 2.05) is 0 Å². The maximum Gasteiger partial charge on any atom is 0.315 e. The van der Waals surface area contributed by atoms with Crippen LogP contribution in [0.25, 0.3) is 0 Å². The van der Waals surface area contributed by atoms with Crippen LogP contribution >= 0.6 is 0 Å². The summed E-state index contributed by atoms with van der Waals surface area (Å²) in [6, 6.07) is 0. The van der Waals surface area contributed by atoms with E-state index in [1.54, 1.807) is 0 Å². The van der Waals surface area contributed by atoms with Crippen LogP contribution in [-0.4, -0.2) is 263 Å². The summed E-state index contributed by atoms with van der Waals surface area (Å²) >= 11 is 0. The molecule has 0 unspecified atom stereocenters. The number of hydrogen-bond acceptors (Lipinski definition) is 26. The highest BCUT2D eigenvalue weighted by Gasteiger charge is 2.70. The van der Waals surface area contributed by atoms with E-state index in [2.05, 4.69) is 54.5 Å². The highest BCUT2D eigenvalue weighted by molar-refractivity contribution is 5.79. The van der Waals surface area contributed by atoms with Crippen molar-refractivity contribution in [2.75, 3.05) is 26.4 Å². The summed E-state index contributed by atoms with van der Waals surface area (Å²) in [5.41, 5.74) is -1.17. The zero-order valence-corrected chi connectivity index (χ0v) is 49.8. The number of aliphatic hydroxyl groups is 15. The van der Waals surface area contributed by atoms with Gasteiger partial charge in [0.2, 0.25) is 6.29 Å². The molecular weight excluding hydrogens is 1120 g/mol. The third kappa shape index (κ3) is 11.2. The van der Waals surface area contributed by atoms with E-state index in [-0.39, 0.29) is 46.0 Å². The zero-order valence-electron chi connectivity index (χ0n) is 49.8. The minimum absolute atomic E-state index is 0.156. The van der Waals surface area contributed by atoms with Gasteiger partial charge in [-0.15, -0.1) is 0 Å². The lowest BCUT2D eigenvalue weighted by Gasteiger charge is -2.71. The first-order valence-electron chi connectivity index (χ1n) is 30.6. The summed E-state index contributed by atoms with van der Waals surface area (Å²) in [7, 11) is 0. The Hall–Kier alpha value is -1.75. The number of rotatable bonds is 13. The summed E-state index contributed by atoms with van der Waals surface area (Å²) in [5.74, 6) is -0.482. The number of fused-ring (bicyclic) bond motifs is 7. The van der Waals surface area contributed by atoms with E-state index in [1.165, 1.54) is 12.5 Å². The number of hydrogen-bond donors (Lipinski definition) is 15. The molecule has 0 aromatic heterocycles. The Kier molecular flexibility index (Phi) is 19.0. The van der Waals surface area contributed by atoms with E-state index < -0.39 is 190 Å². The summed E-state index contributed by atoms with van der Waals surface area (Å²) in [4.78, 5) is 15.2. The van der Waals surface area contributed by atoms with Crippen LogP contribution < -0.4 is 0 Å². The maximum atomic E-state index is 15.2. The van der Waals surface area contributed by atoms with Crippen LogP contribution in [0.1, 0.15) is 120 Å². The van der Waals surface area contributed by atoms with Crippen molar-refractivity contribution >= 4 is 5.97 Å². The molecule has 32 atom stereocenters. The molecule has 85 heavy (non-hydrogen) atoms. The first-order valence-corrected chi connectivity index (χ1v) is 30.6. The van der Waals surface area contributed by atoms with E-state index in [4.69, 9.17) is 47.4 Å². The zero-order chi connectivity index (χ0) is 62.0. The second-order valence-electron chi connectivity index (χ2n) is 28.7. The third-order valence-corrected chi connectivity index (χ3v) is 23.1. The molecule has 0 bridgehead atoms. The predicted molar refractivity (Wildman–Crippen MR) is 288 cm³/mol. The molecule has 26 nitrogen and oxygen atoms in total. The van der Waals surface area contributed by atoms with E-state index in [0.717, 1.165) is 25.7 Å². The topological polar surface area (TPSA) is 413 Å². The summed E-state index contributed by atoms with van der Waals surface area (Å²) in [6.45, 7) is 15.0. The molecule has 0 radical (unpaired) electrons. The van der Waals surface area contributed by atoms with Gasteiger partial charge in [-0.2, -0.15) is 0 Å². The fourth-order valence-corrected chi connectivity index (χ4v) is 17.6. The van der Waals surface area contributed by atoms with Gasteiger partial charge in [0.15, 0.2) is 25.2 Å². The smallest absolute Gasteiger partial charge is 0.315 e. The van der Waals surface area contributed by atoms with Crippen molar-refractivity contribution in [1.82, 2.24) is 0 Å². The van der Waals surface area contributed by atoms with Gasteiger partial charge in [0.25, 0.3) is 0 Å². The number of aliphatic hydroxyl groups excluding tert-OH is 15. The fraction of sp³-hybridized carbons (Fsp3) is 0.949. The van der Waals surface area contributed by atoms with Gasteiger partial charge in [0.05, 0.1) is 44.1 Å². The Morgan fingerprint density at radius 1 is 0.553 bits per heavy atom. The van der Waals surface area contributed by atoms with Crippen molar-refractivity contribution in [1.29, 1.82) is 0 Å². The minimum Gasteiger partial charge on any atom is -0.432 e. The number of esters is 1. The van der Waals surface area contributed by atoms with Crippen LogP contribution in [0.2, 0.25) is 0 Å². The number of carbonyl (C=O) groups is 1. The molecule has 5 aliphatic carbocycles. The molecule has 0 amide bonds. The molecule has 0 aromatic rings. The van der Waals surface area contributed by atoms with Crippen LogP contribution in [0, 0.1) is 50.2 Å². The van der Waals surface area contributed by atoms with Crippen LogP contribution in [0.15, 0.2) is 11.6 Å². The largest absolute Gasteiger partial charge is 0.432 e. The first-order chi connectivity index (χ1) is 39.8. The molecule has 26 heteroatoms. The van der Waals surface area contributed by atoms with Gasteiger partial charge in [0.1, 0.15) is 110 Å². The molecule has 4 saturated carbocycles. The lowest BCUT2D eigenvalue weighted by Crippen LogP contribution is -2.66. The first kappa shape index (κ1) is 66.2. The van der Waals surface area contributed by atoms with Crippen molar-refractivity contribution < 1.29 is 129 Å². The maximum absolute atomic E-state index is 15.2. The van der Waals surface area contributed by atoms with Crippen LogP contribution in [0.3, 0.4) is 0 Å². The normalized spacial score (nSPS) is 54.1. The Morgan fingerprint density at radius 3 is 1.80 bits per heavy atom. The predicted octanol–water partition coefficient (Wildman–Crippen LogP) is -2.54. The molecule has 10 aliphatic rings. The fourth-order valence-electron chi connectivity index (χ4n) is 17.6. The quantitative estimate of drug-likeness (QED) is 0.0513. The second-order valence-corrected chi connectivity index (χ2v) is 28.7. The summed E-state index contributed by atoms with van der Waals surface area (Å²) in [6.07, 6.45) is -29.3. The van der Waals surface area contributed by atoms with Gasteiger partial charge in [0, 0.05) is 0 Å². The van der Waals surface area contributed by atoms with Gasteiger partial charge in [-0.25, -0.2) is 0 Å². The van der Waals surface area contributed by atoms with E-state index >= 15 is 4.79 Å². The van der Waals surface area contributed by atoms with Crippen molar-refractivity contribution in [3.05, 3.63) is 11.6 Å². The van der Waals surface area contributed by atoms with Gasteiger partial charge < -0.3 is 124 Å². The minimum atomic E-state index is -1.89. The second kappa shape index (κ2) is 24.4. The highest BCUT2D eigenvalue weighted by Crippen LogP contribution is 2.76. The van der Waals surface area contributed by atoms with Crippen molar-refractivity contribution in [2.24, 2.45) is 50.2 Å². The molecule has 9 fully saturated rings. The standard InChI is InChI=1S/C59H96O26/c1-24-34(63)37(66)41(70)50(78-24)84-47-29(21-61)80-48(44(73)40(47)69)77-23-30-36(65)39(68)43(72)52(81-30)85-53(75)59-17-15-54(2,3)19-26(59)25-9-10-32-56(6)13-12-33(55(4,5)31(56)11-14-58(32,8)57(25,7)16-18-59)82-49-45(74)46(27(62)22-76-49)83-51-42(71)38(67)35(64)28(20-60)79-51/h9,24,26-52,60-74H,10-23H2,1-8H3/t24-,26-,27-,28+,29+,30+,31-,32+,33-,34-,35+,36+,37-,38-,39-,40+,41+,42+,43+,44+,45+,46-,47+,48+,49-,50-,51-,52-,56-,57+,58+,59-/m0/s1. The Morgan fingerprint density at radius 2 is 1.13 bits per heavy atom. The monoisotopic (exact) mass is 1220 g/mol. The molecule has 15 N–H and O–H groups in total. The van der Waals surface area contributed by atoms with Gasteiger partial charge in [-0.1, -0.05) is 60.1 Å². The van der Waals surface area contributed by atoms with E-state index in [0.29, 0.717) is 38.5 Å². The SMILES string of the molecule is C[C@@H]1O[C@@H](O[C@H]2[C@H](O)[C@@H](O)[C@H](OC[C@H]3O[C@@H](OC(=O)[C@]45CCC(C)(C)C[C@H]4C4=CC[C@@H]6[C@@]7(C)CC[C@H](O[C@@H]8OC[C@H](O)[C@H](O[C@@H]9O[C@H](CO)[C@@H](O)[C@H](O)[C@H]9O)[C@H]8O)C(C)(C)[C@@H]7CC[C@@]6(C)[C@]4(C)CC5)[C@H](O)[C@@H](O)[C@@H]3O)O[C@@H]2CO)[C@H](O)[C@@H](O)[C@H]1O. The number of allylic oxidation sites excluding steroid dienone is 2. The molecule has 0 spiro atoms. The van der Waals surface area contributed by atoms with Gasteiger partial charge in [-0.3, -0.25) is 4.79 Å². The Balaban J connectivity index is 0.812. The molecule has 0 aromatic carbocycles. The lowest BCUT2D eigenvalue weighted by atomic mass is 9.33. The van der Waals surface area contributed by atoms with Gasteiger partial charge in [-0.05, 0) is 116 Å². The van der Waals surface area contributed by atoms with E-state index in [9.17, 15) is 76.6 Å².